The number of carbonyl (C=O) groups is 1. The van der Waals surface area contributed by atoms with Crippen LogP contribution in [0.2, 0.25) is 0 Å². The summed E-state index contributed by atoms with van der Waals surface area (Å²) in [6, 6.07) is 18.1. The van der Waals surface area contributed by atoms with Crippen molar-refractivity contribution in [3.63, 3.8) is 0 Å². The van der Waals surface area contributed by atoms with Crippen LogP contribution in [0.1, 0.15) is 37.8 Å². The fraction of sp³-hybridized carbons (Fsp3) is 0.381. The quantitative estimate of drug-likeness (QED) is 0.735. The molecular formula is C21H28N2O2. The Morgan fingerprint density at radius 2 is 1.84 bits per heavy atom. The highest BCUT2D eigenvalue weighted by Crippen LogP contribution is 2.16. The topological polar surface area (TPSA) is 64.4 Å². The normalized spacial score (nSPS) is 13.1. The van der Waals surface area contributed by atoms with Crippen molar-refractivity contribution < 1.29 is 9.53 Å². The third kappa shape index (κ3) is 6.24. The molecule has 0 radical (unpaired) electrons. The maximum absolute atomic E-state index is 12.1. The molecule has 0 fully saturated rings. The van der Waals surface area contributed by atoms with Crippen molar-refractivity contribution in [2.24, 2.45) is 5.73 Å². The van der Waals surface area contributed by atoms with Gasteiger partial charge in [-0.2, -0.15) is 0 Å². The summed E-state index contributed by atoms with van der Waals surface area (Å²) in [6.07, 6.45) is 2.32. The monoisotopic (exact) mass is 340 g/mol. The summed E-state index contributed by atoms with van der Waals surface area (Å²) in [5.74, 6) is 0.744. The molecule has 4 nitrogen and oxygen atoms in total. The Labute approximate surface area is 150 Å². The second kappa shape index (κ2) is 9.23. The molecule has 0 bridgehead atoms. The third-order valence-corrected chi connectivity index (χ3v) is 4.13. The van der Waals surface area contributed by atoms with Gasteiger partial charge in [-0.3, -0.25) is 4.79 Å². The zero-order valence-corrected chi connectivity index (χ0v) is 15.1. The van der Waals surface area contributed by atoms with Gasteiger partial charge in [-0.05, 0) is 43.0 Å². The van der Waals surface area contributed by atoms with Gasteiger partial charge in [-0.25, -0.2) is 0 Å². The van der Waals surface area contributed by atoms with Crippen LogP contribution in [0.15, 0.2) is 54.6 Å². The number of hydrogen-bond acceptors (Lipinski definition) is 3. The van der Waals surface area contributed by atoms with Gasteiger partial charge in [0.15, 0.2) is 0 Å². The summed E-state index contributed by atoms with van der Waals surface area (Å²) in [4.78, 5) is 12.1. The number of nitrogens with two attached hydrogens (primary N) is 1. The summed E-state index contributed by atoms with van der Waals surface area (Å²) in [5.41, 5.74) is 7.50. The lowest BCUT2D eigenvalue weighted by atomic mass is 9.96. The first-order valence-corrected chi connectivity index (χ1v) is 8.84. The first kappa shape index (κ1) is 19.0. The van der Waals surface area contributed by atoms with Crippen LogP contribution in [0.5, 0.6) is 5.75 Å². The van der Waals surface area contributed by atoms with Gasteiger partial charge in [0, 0.05) is 6.54 Å². The molecule has 2 aromatic carbocycles. The van der Waals surface area contributed by atoms with Gasteiger partial charge in [0.1, 0.15) is 12.4 Å². The smallest absolute Gasteiger partial charge is 0.239 e. The maximum atomic E-state index is 12.1. The van der Waals surface area contributed by atoms with E-state index in [0.717, 1.165) is 29.7 Å². The second-order valence-corrected chi connectivity index (χ2v) is 6.60. The molecule has 0 aromatic heterocycles. The molecule has 0 aliphatic rings. The summed E-state index contributed by atoms with van der Waals surface area (Å²) in [6.45, 7) is 4.92. The standard InChI is InChI=1S/C21H28N2O2/c1-3-13-21(2,22)20(24)23-14-12-17-10-7-11-19(15-17)25-16-18-8-5-4-6-9-18/h4-11,15H,3,12-14,16,22H2,1-2H3,(H,23,24). The summed E-state index contributed by atoms with van der Waals surface area (Å²) < 4.78 is 5.84. The van der Waals surface area contributed by atoms with Gasteiger partial charge in [-0.1, -0.05) is 55.8 Å². The molecule has 0 aliphatic carbocycles. The molecule has 0 aliphatic heterocycles. The number of ether oxygens (including phenoxy) is 1. The lowest BCUT2D eigenvalue weighted by Gasteiger charge is -2.22. The molecule has 0 heterocycles. The van der Waals surface area contributed by atoms with E-state index in [2.05, 4.69) is 5.32 Å². The van der Waals surface area contributed by atoms with Crippen LogP contribution in [0, 0.1) is 0 Å². The second-order valence-electron chi connectivity index (χ2n) is 6.60. The Kier molecular flexibility index (Phi) is 7.02. The highest BCUT2D eigenvalue weighted by atomic mass is 16.5. The van der Waals surface area contributed by atoms with Crippen LogP contribution in [0.3, 0.4) is 0 Å². The van der Waals surface area contributed by atoms with Gasteiger partial charge < -0.3 is 15.8 Å². The van der Waals surface area contributed by atoms with Gasteiger partial charge in [0.2, 0.25) is 5.91 Å². The molecule has 2 aromatic rings. The van der Waals surface area contributed by atoms with Crippen LogP contribution >= 0.6 is 0 Å². The van der Waals surface area contributed by atoms with E-state index in [-0.39, 0.29) is 5.91 Å². The SMILES string of the molecule is CCCC(C)(N)C(=O)NCCc1cccc(OCc2ccccc2)c1. The highest BCUT2D eigenvalue weighted by Gasteiger charge is 2.26. The Morgan fingerprint density at radius 1 is 1.12 bits per heavy atom. The minimum absolute atomic E-state index is 0.0918. The lowest BCUT2D eigenvalue weighted by molar-refractivity contribution is -0.126. The van der Waals surface area contributed by atoms with Crippen molar-refractivity contribution in [2.75, 3.05) is 6.54 Å². The first-order valence-electron chi connectivity index (χ1n) is 8.84. The Hall–Kier alpha value is -2.33. The average Bonchev–Trinajstić information content (AvgIpc) is 2.61. The van der Waals surface area contributed by atoms with E-state index < -0.39 is 5.54 Å². The summed E-state index contributed by atoms with van der Waals surface area (Å²) in [5, 5.41) is 2.93. The molecule has 1 unspecified atom stereocenters. The number of amides is 1. The molecule has 4 heteroatoms. The van der Waals surface area contributed by atoms with Gasteiger partial charge >= 0.3 is 0 Å². The van der Waals surface area contributed by atoms with Crippen LogP contribution in [-0.4, -0.2) is 18.0 Å². The molecule has 3 N–H and O–H groups in total. The van der Waals surface area contributed by atoms with E-state index in [9.17, 15) is 4.79 Å². The van der Waals surface area contributed by atoms with Crippen molar-refractivity contribution >= 4 is 5.91 Å². The van der Waals surface area contributed by atoms with Gasteiger partial charge in [-0.15, -0.1) is 0 Å². The van der Waals surface area contributed by atoms with E-state index in [1.807, 2.05) is 61.5 Å². The molecular weight excluding hydrogens is 312 g/mol. The van der Waals surface area contributed by atoms with Crippen molar-refractivity contribution in [3.05, 3.63) is 65.7 Å². The molecule has 0 saturated carbocycles. The first-order chi connectivity index (χ1) is 12.0. The van der Waals surface area contributed by atoms with Crippen LogP contribution in [0.25, 0.3) is 0 Å². The maximum Gasteiger partial charge on any atom is 0.239 e. The van der Waals surface area contributed by atoms with Crippen molar-refractivity contribution in [2.45, 2.75) is 45.3 Å². The Bertz CT molecular complexity index is 669. The molecule has 0 saturated heterocycles. The largest absolute Gasteiger partial charge is 0.489 e. The van der Waals surface area contributed by atoms with E-state index in [4.69, 9.17) is 10.5 Å². The fourth-order valence-electron chi connectivity index (χ4n) is 2.69. The highest BCUT2D eigenvalue weighted by molar-refractivity contribution is 5.85. The minimum atomic E-state index is -0.796. The van der Waals surface area contributed by atoms with E-state index in [1.165, 1.54) is 0 Å². The Morgan fingerprint density at radius 3 is 2.56 bits per heavy atom. The molecule has 2 rings (SSSR count). The number of nitrogens with one attached hydrogen (secondary N) is 1. The van der Waals surface area contributed by atoms with E-state index in [0.29, 0.717) is 19.6 Å². The summed E-state index contributed by atoms with van der Waals surface area (Å²) >= 11 is 0. The van der Waals surface area contributed by atoms with Crippen molar-refractivity contribution in [3.8, 4) is 5.75 Å². The van der Waals surface area contributed by atoms with Gasteiger partial charge in [0.25, 0.3) is 0 Å². The average molecular weight is 340 g/mol. The summed E-state index contributed by atoms with van der Waals surface area (Å²) in [7, 11) is 0. The lowest BCUT2D eigenvalue weighted by Crippen LogP contribution is -2.51. The van der Waals surface area contributed by atoms with Crippen LogP contribution in [0.4, 0.5) is 0 Å². The molecule has 1 atom stereocenters. The number of benzene rings is 2. The molecule has 25 heavy (non-hydrogen) atoms. The molecule has 0 spiro atoms. The zero-order chi connectivity index (χ0) is 18.1. The predicted octanol–water partition coefficient (Wildman–Crippen LogP) is 3.44. The number of hydrogen-bond donors (Lipinski definition) is 2. The Balaban J connectivity index is 1.82. The van der Waals surface area contributed by atoms with Crippen LogP contribution in [-0.2, 0) is 17.8 Å². The van der Waals surface area contributed by atoms with E-state index in [1.54, 1.807) is 6.92 Å². The van der Waals surface area contributed by atoms with E-state index >= 15 is 0 Å². The molecule has 1 amide bonds. The molecule has 134 valence electrons. The number of carbonyl (C=O) groups excluding carboxylic acids is 1. The minimum Gasteiger partial charge on any atom is -0.489 e. The predicted molar refractivity (Wildman–Crippen MR) is 101 cm³/mol. The van der Waals surface area contributed by atoms with Crippen molar-refractivity contribution in [1.29, 1.82) is 0 Å². The van der Waals surface area contributed by atoms with Crippen LogP contribution < -0.4 is 15.8 Å². The van der Waals surface area contributed by atoms with Gasteiger partial charge in [0.05, 0.1) is 5.54 Å². The third-order valence-electron chi connectivity index (χ3n) is 4.13. The van der Waals surface area contributed by atoms with Crippen molar-refractivity contribution in [1.82, 2.24) is 5.32 Å². The zero-order valence-electron chi connectivity index (χ0n) is 15.1. The number of rotatable bonds is 9. The fourth-order valence-corrected chi connectivity index (χ4v) is 2.69.